The van der Waals surface area contributed by atoms with Gasteiger partial charge in [-0.05, 0) is 23.6 Å². The average Bonchev–Trinajstić information content (AvgIpc) is 2.12. The van der Waals surface area contributed by atoms with Crippen LogP contribution in [0.4, 0.5) is 0 Å². The fraction of sp³-hybridized carbons (Fsp3) is 0.833. The van der Waals surface area contributed by atoms with Crippen molar-refractivity contribution in [3.63, 3.8) is 0 Å². The quantitative estimate of drug-likeness (QED) is 0.483. The first-order valence-electron chi connectivity index (χ1n) is 3.41. The van der Waals surface area contributed by atoms with Crippen LogP contribution in [0, 0.1) is 0 Å². The van der Waals surface area contributed by atoms with Gasteiger partial charge in [0.15, 0.2) is 5.12 Å². The maximum atomic E-state index is 11.6. The Morgan fingerprint density at radius 1 is 1.40 bits per heavy atom. The molecule has 1 fully saturated rings. The molecule has 0 N–H and O–H groups in total. The van der Waals surface area contributed by atoms with Crippen molar-refractivity contribution in [1.82, 2.24) is 0 Å². The lowest BCUT2D eigenvalue weighted by Gasteiger charge is -2.12. The first-order chi connectivity index (χ1) is 4.62. The molecule has 1 heterocycles. The van der Waals surface area contributed by atoms with Gasteiger partial charge >= 0.3 is 0 Å². The van der Waals surface area contributed by atoms with E-state index in [0.717, 1.165) is 35.1 Å². The van der Waals surface area contributed by atoms with Gasteiger partial charge in [0.05, 0.1) is 0 Å². The lowest BCUT2D eigenvalue weighted by molar-refractivity contribution is -0.109. The van der Waals surface area contributed by atoms with E-state index < -0.39 is 8.96 Å². The van der Waals surface area contributed by atoms with E-state index in [1.807, 2.05) is 0 Å². The average molecular weight is 180 g/mol. The molecule has 0 spiro atoms. The molecule has 2 nitrogen and oxygen atoms in total. The van der Waals surface area contributed by atoms with Crippen LogP contribution >= 0.6 is 10.8 Å². The summed E-state index contributed by atoms with van der Waals surface area (Å²) in [6.45, 7) is 1.49. The molecule has 1 rings (SSSR count). The van der Waals surface area contributed by atoms with E-state index in [1.165, 1.54) is 6.92 Å². The zero-order valence-electron chi connectivity index (χ0n) is 6.00. The minimum atomic E-state index is -2.06. The predicted molar refractivity (Wildman–Crippen MR) is 46.8 cm³/mol. The van der Waals surface area contributed by atoms with E-state index in [9.17, 15) is 9.00 Å². The summed E-state index contributed by atoms with van der Waals surface area (Å²) in [6, 6.07) is 0. The van der Waals surface area contributed by atoms with E-state index in [2.05, 4.69) is 0 Å². The molecule has 0 atom stereocenters. The Labute approximate surface area is 65.6 Å². The third-order valence-electron chi connectivity index (χ3n) is 1.54. The standard InChI is InChI=1S/C6H12O2S2/c1-6(7)9-10(8)4-2-3-5-10/h10H,2-5H2,1H3. The van der Waals surface area contributed by atoms with Crippen molar-refractivity contribution in [2.75, 3.05) is 11.5 Å². The van der Waals surface area contributed by atoms with Crippen LogP contribution in [-0.4, -0.2) is 20.8 Å². The smallest absolute Gasteiger partial charge is 0.196 e. The second kappa shape index (κ2) is 3.05. The van der Waals surface area contributed by atoms with Crippen LogP contribution < -0.4 is 0 Å². The predicted octanol–water partition coefficient (Wildman–Crippen LogP) is 0.992. The topological polar surface area (TPSA) is 34.1 Å². The van der Waals surface area contributed by atoms with Crippen molar-refractivity contribution in [1.29, 1.82) is 0 Å². The second-order valence-corrected chi connectivity index (χ2v) is 8.38. The third-order valence-corrected chi connectivity index (χ3v) is 6.99. The first kappa shape index (κ1) is 8.27. The Morgan fingerprint density at radius 3 is 2.30 bits per heavy atom. The fourth-order valence-electron chi connectivity index (χ4n) is 1.14. The van der Waals surface area contributed by atoms with Crippen LogP contribution in [0.1, 0.15) is 19.8 Å². The summed E-state index contributed by atoms with van der Waals surface area (Å²) in [5, 5.41) is 0.00485. The molecule has 60 valence electrons. The molecule has 0 bridgehead atoms. The molecule has 0 saturated carbocycles. The highest BCUT2D eigenvalue weighted by molar-refractivity contribution is 8.82. The Bertz CT molecular complexity index is 178. The molecular formula is C6H12O2S2. The van der Waals surface area contributed by atoms with Crippen LogP contribution in [0.3, 0.4) is 0 Å². The lowest BCUT2D eigenvalue weighted by Crippen LogP contribution is -2.09. The summed E-state index contributed by atoms with van der Waals surface area (Å²) in [5.74, 6) is 1.55. The number of hydrogen-bond donors (Lipinski definition) is 1. The molecule has 1 saturated heterocycles. The minimum Gasteiger partial charge on any atom is -0.287 e. The maximum Gasteiger partial charge on any atom is 0.196 e. The Balaban J connectivity index is 2.52. The summed E-state index contributed by atoms with van der Waals surface area (Å²) >= 11 is 0. The zero-order valence-corrected chi connectivity index (χ0v) is 7.71. The van der Waals surface area contributed by atoms with Crippen LogP contribution in [0.15, 0.2) is 0 Å². The van der Waals surface area contributed by atoms with Gasteiger partial charge in [-0.2, -0.15) is 0 Å². The van der Waals surface area contributed by atoms with Crippen molar-refractivity contribution in [3.05, 3.63) is 0 Å². The van der Waals surface area contributed by atoms with E-state index in [-0.39, 0.29) is 5.12 Å². The highest BCUT2D eigenvalue weighted by Crippen LogP contribution is 2.30. The largest absolute Gasteiger partial charge is 0.287 e. The number of carbonyl (C=O) groups is 1. The number of thiol groups is 1. The first-order valence-corrected chi connectivity index (χ1v) is 6.90. The molecular weight excluding hydrogens is 168 g/mol. The maximum absolute atomic E-state index is 11.6. The van der Waals surface area contributed by atoms with Crippen molar-refractivity contribution >= 4 is 24.9 Å². The highest BCUT2D eigenvalue weighted by atomic mass is 33.2. The minimum absolute atomic E-state index is 0.00485. The third kappa shape index (κ3) is 2.09. The summed E-state index contributed by atoms with van der Waals surface area (Å²) < 4.78 is 11.6. The number of carbonyl (C=O) groups excluding carboxylic acids is 1. The van der Waals surface area contributed by atoms with E-state index in [0.29, 0.717) is 0 Å². The van der Waals surface area contributed by atoms with Gasteiger partial charge < -0.3 is 0 Å². The van der Waals surface area contributed by atoms with Crippen LogP contribution in [0.25, 0.3) is 0 Å². The van der Waals surface area contributed by atoms with E-state index >= 15 is 0 Å². The van der Waals surface area contributed by atoms with Gasteiger partial charge in [-0.3, -0.25) is 9.00 Å². The molecule has 4 heteroatoms. The molecule has 1 aliphatic heterocycles. The van der Waals surface area contributed by atoms with Crippen LogP contribution in [-0.2, 0) is 13.8 Å². The Hall–Kier alpha value is 0.170. The molecule has 1 aliphatic rings. The fourth-order valence-corrected chi connectivity index (χ4v) is 6.16. The summed E-state index contributed by atoms with van der Waals surface area (Å²) in [7, 11) is -0.978. The lowest BCUT2D eigenvalue weighted by atomic mass is 10.4. The summed E-state index contributed by atoms with van der Waals surface area (Å²) in [5.41, 5.74) is 0. The van der Waals surface area contributed by atoms with E-state index in [4.69, 9.17) is 0 Å². The normalized spacial score (nSPS) is 26.1. The molecule has 0 aliphatic carbocycles. The van der Waals surface area contributed by atoms with Gasteiger partial charge in [0, 0.05) is 18.4 Å². The molecule has 0 aromatic rings. The van der Waals surface area contributed by atoms with Gasteiger partial charge in [0.1, 0.15) is 0 Å². The van der Waals surface area contributed by atoms with Crippen molar-refractivity contribution in [2.45, 2.75) is 19.8 Å². The van der Waals surface area contributed by atoms with Gasteiger partial charge in [-0.1, -0.05) is 8.96 Å². The molecule has 10 heavy (non-hydrogen) atoms. The second-order valence-electron chi connectivity index (χ2n) is 2.55. The monoisotopic (exact) mass is 180 g/mol. The van der Waals surface area contributed by atoms with Crippen molar-refractivity contribution in [3.8, 4) is 0 Å². The molecule has 0 aromatic carbocycles. The molecule has 0 aromatic heterocycles. The summed E-state index contributed by atoms with van der Waals surface area (Å²) in [4.78, 5) is 10.6. The zero-order chi connectivity index (χ0) is 7.61. The molecule has 0 radical (unpaired) electrons. The van der Waals surface area contributed by atoms with Crippen molar-refractivity contribution < 1.29 is 9.00 Å². The van der Waals surface area contributed by atoms with Gasteiger partial charge in [-0.25, -0.2) is 0 Å². The highest BCUT2D eigenvalue weighted by Gasteiger charge is 2.23. The molecule has 0 unspecified atom stereocenters. The van der Waals surface area contributed by atoms with Crippen molar-refractivity contribution in [2.24, 2.45) is 0 Å². The molecule has 0 amide bonds. The Kier molecular flexibility index (Phi) is 2.52. The number of hydrogen-bond acceptors (Lipinski definition) is 3. The Morgan fingerprint density at radius 2 is 1.90 bits per heavy atom. The number of rotatable bonds is 1. The van der Waals surface area contributed by atoms with Crippen LogP contribution in [0.2, 0.25) is 0 Å². The van der Waals surface area contributed by atoms with Crippen LogP contribution in [0.5, 0.6) is 0 Å². The SMILES string of the molecule is CC(=O)S[SH]1(=O)CCCC1. The van der Waals surface area contributed by atoms with Gasteiger partial charge in [-0.15, -0.1) is 0 Å². The van der Waals surface area contributed by atoms with Gasteiger partial charge in [0.2, 0.25) is 0 Å². The van der Waals surface area contributed by atoms with Gasteiger partial charge in [0.25, 0.3) is 0 Å². The summed E-state index contributed by atoms with van der Waals surface area (Å²) in [6.07, 6.45) is 2.08. The van der Waals surface area contributed by atoms with E-state index in [1.54, 1.807) is 0 Å².